The highest BCUT2D eigenvalue weighted by atomic mass is 16.5. The molecule has 0 fully saturated rings. The Balaban J connectivity index is 2.72. The zero-order valence-electron chi connectivity index (χ0n) is 11.3. The van der Waals surface area contributed by atoms with Crippen molar-refractivity contribution in [3.8, 4) is 5.75 Å². The Morgan fingerprint density at radius 2 is 2.06 bits per heavy atom. The van der Waals surface area contributed by atoms with Crippen LogP contribution in [-0.4, -0.2) is 31.3 Å². The third kappa shape index (κ3) is 4.71. The second-order valence-corrected chi connectivity index (χ2v) is 4.92. The Labute approximate surface area is 103 Å². The van der Waals surface area contributed by atoms with E-state index in [1.165, 1.54) is 0 Å². The highest BCUT2D eigenvalue weighted by Gasteiger charge is 2.16. The standard InChI is InChI=1S/C13H22N2O2/c1-13(2,3)17-9-12(14-4)10-6-11(16-5)8-15-7-10/h6-8,12,14H,9H2,1-5H3. The number of likely N-dealkylation sites (N-methyl/N-ethyl adjacent to an activating group) is 1. The maximum absolute atomic E-state index is 5.78. The van der Waals surface area contributed by atoms with E-state index in [0.717, 1.165) is 11.3 Å². The van der Waals surface area contributed by atoms with E-state index in [-0.39, 0.29) is 11.6 Å². The molecular formula is C13H22N2O2. The lowest BCUT2D eigenvalue weighted by Crippen LogP contribution is -2.28. The fourth-order valence-electron chi connectivity index (χ4n) is 1.42. The molecule has 0 amide bonds. The first-order chi connectivity index (χ1) is 7.96. The van der Waals surface area contributed by atoms with Gasteiger partial charge >= 0.3 is 0 Å². The first-order valence-corrected chi connectivity index (χ1v) is 5.76. The number of ether oxygens (including phenoxy) is 2. The van der Waals surface area contributed by atoms with Crippen LogP contribution in [0.15, 0.2) is 18.5 Å². The summed E-state index contributed by atoms with van der Waals surface area (Å²) in [7, 11) is 3.55. The number of methoxy groups -OCH3 is 1. The fourth-order valence-corrected chi connectivity index (χ4v) is 1.42. The molecule has 1 heterocycles. The van der Waals surface area contributed by atoms with Crippen LogP contribution in [-0.2, 0) is 4.74 Å². The number of pyridine rings is 1. The number of rotatable bonds is 5. The van der Waals surface area contributed by atoms with Crippen molar-refractivity contribution in [1.29, 1.82) is 0 Å². The van der Waals surface area contributed by atoms with Gasteiger partial charge in [-0.05, 0) is 39.4 Å². The van der Waals surface area contributed by atoms with Gasteiger partial charge in [0.2, 0.25) is 0 Å². The predicted octanol–water partition coefficient (Wildman–Crippen LogP) is 2.17. The normalized spacial score (nSPS) is 13.5. The van der Waals surface area contributed by atoms with Crippen molar-refractivity contribution in [2.24, 2.45) is 0 Å². The van der Waals surface area contributed by atoms with Crippen molar-refractivity contribution in [2.75, 3.05) is 20.8 Å². The lowest BCUT2D eigenvalue weighted by atomic mass is 10.1. The van der Waals surface area contributed by atoms with Gasteiger partial charge in [-0.25, -0.2) is 0 Å². The third-order valence-electron chi connectivity index (χ3n) is 2.40. The van der Waals surface area contributed by atoms with Crippen LogP contribution in [0.1, 0.15) is 32.4 Å². The largest absolute Gasteiger partial charge is 0.495 e. The van der Waals surface area contributed by atoms with E-state index >= 15 is 0 Å². The molecule has 0 saturated carbocycles. The minimum absolute atomic E-state index is 0.122. The van der Waals surface area contributed by atoms with Crippen LogP contribution < -0.4 is 10.1 Å². The van der Waals surface area contributed by atoms with Gasteiger partial charge in [0.15, 0.2) is 0 Å². The van der Waals surface area contributed by atoms with Crippen LogP contribution in [0.2, 0.25) is 0 Å². The van der Waals surface area contributed by atoms with Crippen molar-refractivity contribution < 1.29 is 9.47 Å². The zero-order valence-corrected chi connectivity index (χ0v) is 11.3. The van der Waals surface area contributed by atoms with E-state index in [9.17, 15) is 0 Å². The first-order valence-electron chi connectivity index (χ1n) is 5.76. The van der Waals surface area contributed by atoms with Crippen LogP contribution in [0.3, 0.4) is 0 Å². The molecule has 0 aliphatic heterocycles. The van der Waals surface area contributed by atoms with E-state index < -0.39 is 0 Å². The van der Waals surface area contributed by atoms with E-state index in [2.05, 4.69) is 10.3 Å². The lowest BCUT2D eigenvalue weighted by molar-refractivity contribution is -0.0139. The molecule has 0 aliphatic carbocycles. The molecule has 1 aromatic heterocycles. The molecule has 1 aromatic rings. The highest BCUT2D eigenvalue weighted by Crippen LogP contribution is 2.19. The Morgan fingerprint density at radius 1 is 1.35 bits per heavy atom. The van der Waals surface area contributed by atoms with Crippen molar-refractivity contribution in [2.45, 2.75) is 32.4 Å². The Kier molecular flexibility index (Phi) is 4.90. The number of hydrogen-bond acceptors (Lipinski definition) is 4. The predicted molar refractivity (Wildman–Crippen MR) is 68.3 cm³/mol. The molecule has 4 heteroatoms. The Bertz CT molecular complexity index is 348. The van der Waals surface area contributed by atoms with Gasteiger partial charge in [-0.1, -0.05) is 0 Å². The molecule has 1 N–H and O–H groups in total. The molecule has 0 aliphatic rings. The molecule has 0 radical (unpaired) electrons. The second kappa shape index (κ2) is 5.98. The lowest BCUT2D eigenvalue weighted by Gasteiger charge is -2.24. The minimum atomic E-state index is -0.138. The van der Waals surface area contributed by atoms with Crippen molar-refractivity contribution in [3.05, 3.63) is 24.0 Å². The van der Waals surface area contributed by atoms with Crippen LogP contribution >= 0.6 is 0 Å². The number of hydrogen-bond donors (Lipinski definition) is 1. The van der Waals surface area contributed by atoms with Gasteiger partial charge in [0, 0.05) is 6.20 Å². The van der Waals surface area contributed by atoms with Crippen molar-refractivity contribution in [3.63, 3.8) is 0 Å². The summed E-state index contributed by atoms with van der Waals surface area (Å²) in [6.07, 6.45) is 3.52. The fraction of sp³-hybridized carbons (Fsp3) is 0.615. The summed E-state index contributed by atoms with van der Waals surface area (Å²) >= 11 is 0. The van der Waals surface area contributed by atoms with E-state index in [1.807, 2.05) is 40.1 Å². The molecule has 1 atom stereocenters. The Hall–Kier alpha value is -1.13. The van der Waals surface area contributed by atoms with Gasteiger partial charge in [-0.2, -0.15) is 0 Å². The molecule has 4 nitrogen and oxygen atoms in total. The van der Waals surface area contributed by atoms with Crippen molar-refractivity contribution in [1.82, 2.24) is 10.3 Å². The maximum atomic E-state index is 5.78. The number of aromatic nitrogens is 1. The smallest absolute Gasteiger partial charge is 0.137 e. The number of nitrogens with zero attached hydrogens (tertiary/aromatic N) is 1. The monoisotopic (exact) mass is 238 g/mol. The summed E-state index contributed by atoms with van der Waals surface area (Å²) in [4.78, 5) is 4.15. The molecule has 96 valence electrons. The van der Waals surface area contributed by atoms with Gasteiger partial charge in [0.05, 0.1) is 31.6 Å². The molecular weight excluding hydrogens is 216 g/mol. The quantitative estimate of drug-likeness (QED) is 0.853. The van der Waals surface area contributed by atoms with Gasteiger partial charge in [0.25, 0.3) is 0 Å². The average molecular weight is 238 g/mol. The van der Waals surface area contributed by atoms with Crippen LogP contribution in [0.4, 0.5) is 0 Å². The van der Waals surface area contributed by atoms with E-state index in [4.69, 9.17) is 9.47 Å². The number of nitrogens with one attached hydrogen (secondary N) is 1. The van der Waals surface area contributed by atoms with Gasteiger partial charge < -0.3 is 14.8 Å². The first kappa shape index (κ1) is 13.9. The molecule has 1 unspecified atom stereocenters. The van der Waals surface area contributed by atoms with Gasteiger partial charge in [0.1, 0.15) is 5.75 Å². The summed E-state index contributed by atoms with van der Waals surface area (Å²) in [5.41, 5.74) is 0.928. The van der Waals surface area contributed by atoms with Gasteiger partial charge in [-0.3, -0.25) is 4.98 Å². The van der Waals surface area contributed by atoms with E-state index in [1.54, 1.807) is 13.3 Å². The topological polar surface area (TPSA) is 43.4 Å². The molecule has 1 rings (SSSR count). The summed E-state index contributed by atoms with van der Waals surface area (Å²) in [5.74, 6) is 0.763. The summed E-state index contributed by atoms with van der Waals surface area (Å²) in [6, 6.07) is 2.09. The van der Waals surface area contributed by atoms with Gasteiger partial charge in [-0.15, -0.1) is 0 Å². The maximum Gasteiger partial charge on any atom is 0.137 e. The summed E-state index contributed by atoms with van der Waals surface area (Å²) in [6.45, 7) is 6.74. The molecule has 17 heavy (non-hydrogen) atoms. The second-order valence-electron chi connectivity index (χ2n) is 4.92. The molecule has 0 aromatic carbocycles. The summed E-state index contributed by atoms with van der Waals surface area (Å²) in [5, 5.41) is 3.22. The summed E-state index contributed by atoms with van der Waals surface area (Å²) < 4.78 is 10.9. The third-order valence-corrected chi connectivity index (χ3v) is 2.40. The average Bonchev–Trinajstić information content (AvgIpc) is 2.29. The molecule has 0 saturated heterocycles. The molecule has 0 spiro atoms. The van der Waals surface area contributed by atoms with Crippen LogP contribution in [0.5, 0.6) is 5.75 Å². The van der Waals surface area contributed by atoms with Crippen LogP contribution in [0.25, 0.3) is 0 Å². The molecule has 0 bridgehead atoms. The van der Waals surface area contributed by atoms with E-state index in [0.29, 0.717) is 6.61 Å². The minimum Gasteiger partial charge on any atom is -0.495 e. The van der Waals surface area contributed by atoms with Crippen LogP contribution in [0, 0.1) is 0 Å². The SMILES string of the molecule is CNC(COC(C)(C)C)c1cncc(OC)c1. The van der Waals surface area contributed by atoms with Crippen molar-refractivity contribution >= 4 is 0 Å². The zero-order chi connectivity index (χ0) is 12.9. The Morgan fingerprint density at radius 3 is 2.59 bits per heavy atom. The highest BCUT2D eigenvalue weighted by molar-refractivity contribution is 5.25.